The maximum Gasteiger partial charge on any atom is 0.255 e. The smallest absolute Gasteiger partial charge is 0.255 e. The normalized spacial score (nSPS) is 24.7. The second kappa shape index (κ2) is 7.15. The summed E-state index contributed by atoms with van der Waals surface area (Å²) in [5, 5.41) is 1.11. The summed E-state index contributed by atoms with van der Waals surface area (Å²) in [4.78, 5) is 20.2. The average molecular weight is 343 g/mol. The maximum atomic E-state index is 12.9. The van der Waals surface area contributed by atoms with E-state index in [2.05, 4.69) is 9.88 Å². The van der Waals surface area contributed by atoms with Crippen LogP contribution < -0.4 is 4.90 Å². The van der Waals surface area contributed by atoms with Gasteiger partial charge >= 0.3 is 0 Å². The third-order valence-electron chi connectivity index (χ3n) is 5.21. The van der Waals surface area contributed by atoms with E-state index in [-0.39, 0.29) is 18.1 Å². The van der Waals surface area contributed by atoms with Crippen molar-refractivity contribution in [3.63, 3.8) is 0 Å². The highest BCUT2D eigenvalue weighted by Crippen LogP contribution is 2.28. The molecule has 0 bridgehead atoms. The minimum Gasteiger partial charge on any atom is -0.379 e. The lowest BCUT2D eigenvalue weighted by Crippen LogP contribution is -2.42. The Bertz CT molecular complexity index is 738. The molecule has 1 N–H and O–H groups in total. The van der Waals surface area contributed by atoms with E-state index in [1.165, 1.54) is 0 Å². The molecule has 2 fully saturated rings. The number of H-pyrrole nitrogens is 1. The standard InChI is InChI=1S/C19H25N3O3/c1-21(16-4-2-3-14-7-8-20-18(14)16)19(23)17-6-5-15(25-17)13-22-9-11-24-12-10-22/h2-4,7-8,15,17,20H,5-6,9-13H2,1H3/t15-,17+/m1/s1. The van der Waals surface area contributed by atoms with Crippen molar-refractivity contribution in [1.29, 1.82) is 0 Å². The Kier molecular flexibility index (Phi) is 4.74. The number of likely N-dealkylation sites (N-methyl/N-ethyl adjacent to an activating group) is 1. The first-order valence-electron chi connectivity index (χ1n) is 9.01. The van der Waals surface area contributed by atoms with E-state index in [1.807, 2.05) is 37.5 Å². The van der Waals surface area contributed by atoms with Gasteiger partial charge in [-0.1, -0.05) is 12.1 Å². The largest absolute Gasteiger partial charge is 0.379 e. The van der Waals surface area contributed by atoms with Gasteiger partial charge in [0.1, 0.15) is 6.10 Å². The number of hydrogen-bond donors (Lipinski definition) is 1. The molecular formula is C19H25N3O3. The molecule has 134 valence electrons. The molecule has 2 atom stereocenters. The van der Waals surface area contributed by atoms with Gasteiger partial charge in [0, 0.05) is 38.3 Å². The maximum absolute atomic E-state index is 12.9. The summed E-state index contributed by atoms with van der Waals surface area (Å²) >= 11 is 0. The highest BCUT2D eigenvalue weighted by molar-refractivity contribution is 6.03. The van der Waals surface area contributed by atoms with Crippen molar-refractivity contribution in [2.24, 2.45) is 0 Å². The average Bonchev–Trinajstić information content (AvgIpc) is 3.30. The lowest BCUT2D eigenvalue weighted by molar-refractivity contribution is -0.129. The van der Waals surface area contributed by atoms with Crippen molar-refractivity contribution in [2.45, 2.75) is 25.0 Å². The zero-order valence-electron chi connectivity index (χ0n) is 14.6. The number of para-hydroxylation sites is 1. The monoisotopic (exact) mass is 343 g/mol. The van der Waals surface area contributed by atoms with Crippen LogP contribution in [0.25, 0.3) is 10.9 Å². The van der Waals surface area contributed by atoms with E-state index in [1.54, 1.807) is 4.90 Å². The lowest BCUT2D eigenvalue weighted by atomic mass is 10.1. The number of nitrogens with zero attached hydrogens (tertiary/aromatic N) is 2. The van der Waals surface area contributed by atoms with E-state index in [4.69, 9.17) is 9.47 Å². The van der Waals surface area contributed by atoms with Gasteiger partial charge in [0.2, 0.25) is 0 Å². The van der Waals surface area contributed by atoms with Gasteiger partial charge < -0.3 is 19.4 Å². The minimum absolute atomic E-state index is 0.0339. The number of fused-ring (bicyclic) bond motifs is 1. The Balaban J connectivity index is 1.40. The van der Waals surface area contributed by atoms with Crippen LogP contribution in [0.15, 0.2) is 30.5 Å². The van der Waals surface area contributed by atoms with Crippen molar-refractivity contribution >= 4 is 22.5 Å². The van der Waals surface area contributed by atoms with Crippen LogP contribution in [0.4, 0.5) is 5.69 Å². The molecular weight excluding hydrogens is 318 g/mol. The number of amides is 1. The van der Waals surface area contributed by atoms with Gasteiger partial charge in [-0.2, -0.15) is 0 Å². The SMILES string of the molecule is CN(C(=O)[C@@H]1CC[C@H](CN2CCOCC2)O1)c1cccc2cc[nH]c12. The summed E-state index contributed by atoms with van der Waals surface area (Å²) < 4.78 is 11.5. The minimum atomic E-state index is -0.346. The Hall–Kier alpha value is -1.89. The third-order valence-corrected chi connectivity index (χ3v) is 5.21. The van der Waals surface area contributed by atoms with Crippen molar-refractivity contribution in [3.8, 4) is 0 Å². The predicted molar refractivity (Wildman–Crippen MR) is 96.9 cm³/mol. The van der Waals surface area contributed by atoms with E-state index >= 15 is 0 Å². The van der Waals surface area contributed by atoms with Crippen LogP contribution in [0.5, 0.6) is 0 Å². The first-order valence-corrected chi connectivity index (χ1v) is 9.01. The van der Waals surface area contributed by atoms with Gasteiger partial charge in [-0.3, -0.25) is 9.69 Å². The Labute approximate surface area is 147 Å². The molecule has 2 saturated heterocycles. The fourth-order valence-corrected chi connectivity index (χ4v) is 3.78. The van der Waals surface area contributed by atoms with Crippen molar-refractivity contribution < 1.29 is 14.3 Å². The number of nitrogens with one attached hydrogen (secondary N) is 1. The van der Waals surface area contributed by atoms with Crippen LogP contribution >= 0.6 is 0 Å². The fraction of sp³-hybridized carbons (Fsp3) is 0.526. The summed E-state index contributed by atoms with van der Waals surface area (Å²) in [6, 6.07) is 8.00. The zero-order valence-corrected chi connectivity index (χ0v) is 14.6. The Morgan fingerprint density at radius 3 is 2.96 bits per heavy atom. The molecule has 25 heavy (non-hydrogen) atoms. The third kappa shape index (κ3) is 3.42. The van der Waals surface area contributed by atoms with Gasteiger partial charge in [-0.05, 0) is 25.0 Å². The quantitative estimate of drug-likeness (QED) is 0.923. The van der Waals surface area contributed by atoms with E-state index in [9.17, 15) is 4.79 Å². The summed E-state index contributed by atoms with van der Waals surface area (Å²) in [6.45, 7) is 4.37. The summed E-state index contributed by atoms with van der Waals surface area (Å²) in [7, 11) is 1.83. The van der Waals surface area contributed by atoms with Crippen LogP contribution in [0, 0.1) is 0 Å². The number of aromatic amines is 1. The van der Waals surface area contributed by atoms with Gasteiger partial charge in [0.25, 0.3) is 5.91 Å². The number of hydrogen-bond acceptors (Lipinski definition) is 4. The molecule has 3 heterocycles. The zero-order chi connectivity index (χ0) is 17.2. The van der Waals surface area contributed by atoms with Crippen LogP contribution in [0.3, 0.4) is 0 Å². The molecule has 1 amide bonds. The molecule has 2 aromatic rings. The second-order valence-electron chi connectivity index (χ2n) is 6.85. The first kappa shape index (κ1) is 16.6. The van der Waals surface area contributed by atoms with Gasteiger partial charge in [0.15, 0.2) is 0 Å². The fourth-order valence-electron chi connectivity index (χ4n) is 3.78. The van der Waals surface area contributed by atoms with Gasteiger partial charge in [-0.25, -0.2) is 0 Å². The molecule has 1 aromatic heterocycles. The number of anilines is 1. The number of benzene rings is 1. The summed E-state index contributed by atoms with van der Waals surface area (Å²) in [5.74, 6) is 0.0339. The molecule has 1 aromatic carbocycles. The Morgan fingerprint density at radius 2 is 2.12 bits per heavy atom. The lowest BCUT2D eigenvalue weighted by Gasteiger charge is -2.29. The van der Waals surface area contributed by atoms with E-state index < -0.39 is 0 Å². The van der Waals surface area contributed by atoms with Crippen LogP contribution in [0.1, 0.15) is 12.8 Å². The number of morpholine rings is 1. The van der Waals surface area contributed by atoms with Crippen LogP contribution in [-0.2, 0) is 14.3 Å². The van der Waals surface area contributed by atoms with E-state index in [0.29, 0.717) is 0 Å². The van der Waals surface area contributed by atoms with Crippen LogP contribution in [-0.4, -0.2) is 67.9 Å². The predicted octanol–water partition coefficient (Wildman–Crippen LogP) is 2.01. The van der Waals surface area contributed by atoms with Gasteiger partial charge in [0.05, 0.1) is 30.5 Å². The van der Waals surface area contributed by atoms with Gasteiger partial charge in [-0.15, -0.1) is 0 Å². The molecule has 0 unspecified atom stereocenters. The molecule has 6 nitrogen and oxygen atoms in total. The molecule has 4 rings (SSSR count). The number of rotatable bonds is 4. The molecule has 2 aliphatic rings. The van der Waals surface area contributed by atoms with Crippen molar-refractivity contribution in [3.05, 3.63) is 30.5 Å². The van der Waals surface area contributed by atoms with Crippen LogP contribution in [0.2, 0.25) is 0 Å². The first-order chi connectivity index (χ1) is 12.2. The number of carbonyl (C=O) groups excluding carboxylic acids is 1. The van der Waals surface area contributed by atoms with Crippen molar-refractivity contribution in [2.75, 3.05) is 44.8 Å². The topological polar surface area (TPSA) is 57.8 Å². The molecule has 0 spiro atoms. The number of carbonyl (C=O) groups is 1. The molecule has 2 aliphatic heterocycles. The summed E-state index contributed by atoms with van der Waals surface area (Å²) in [6.07, 6.45) is 3.42. The highest BCUT2D eigenvalue weighted by Gasteiger charge is 2.34. The molecule has 0 radical (unpaired) electrons. The molecule has 0 aliphatic carbocycles. The van der Waals surface area contributed by atoms with Crippen molar-refractivity contribution in [1.82, 2.24) is 9.88 Å². The van der Waals surface area contributed by atoms with E-state index in [0.717, 1.165) is 62.3 Å². The molecule has 0 saturated carbocycles. The summed E-state index contributed by atoms with van der Waals surface area (Å²) in [5.41, 5.74) is 1.88. The highest BCUT2D eigenvalue weighted by atomic mass is 16.5. The molecule has 6 heteroatoms. The number of aromatic nitrogens is 1. The number of ether oxygens (including phenoxy) is 2. The Morgan fingerprint density at radius 1 is 1.28 bits per heavy atom. The second-order valence-corrected chi connectivity index (χ2v) is 6.85.